The van der Waals surface area contributed by atoms with Crippen molar-refractivity contribution in [3.8, 4) is 0 Å². The Hall–Kier alpha value is -1.78. The van der Waals surface area contributed by atoms with Crippen LogP contribution in [0.25, 0.3) is 10.9 Å². The van der Waals surface area contributed by atoms with Gasteiger partial charge in [0.2, 0.25) is 0 Å². The average molecular weight is 354 g/mol. The highest BCUT2D eigenvalue weighted by molar-refractivity contribution is 5.84. The number of fused-ring (bicyclic) bond motifs is 3. The number of hydrogen-bond donors (Lipinski definition) is 2. The number of ether oxygens (including phenoxy) is 1. The van der Waals surface area contributed by atoms with Gasteiger partial charge in [-0.25, -0.2) is 0 Å². The smallest absolute Gasteiger partial charge is 0.117 e. The molecular formula is C22H30N2O2. The topological polar surface area (TPSA) is 48.5 Å². The van der Waals surface area contributed by atoms with Gasteiger partial charge in [0.1, 0.15) is 12.4 Å². The molecule has 0 radical (unpaired) electrons. The second-order valence-electron chi connectivity index (χ2n) is 7.67. The van der Waals surface area contributed by atoms with E-state index in [1.165, 1.54) is 47.0 Å². The van der Waals surface area contributed by atoms with Gasteiger partial charge in [0, 0.05) is 36.3 Å². The first-order chi connectivity index (χ1) is 12.8. The molecule has 1 saturated carbocycles. The molecule has 0 spiro atoms. The lowest BCUT2D eigenvalue weighted by atomic mass is 9.91. The SMILES string of the molecule is OC(COCCCCCN1CCc2c([nH]c3ccccc23)C1)=C1CCC1. The molecule has 1 aliphatic carbocycles. The number of aliphatic hydroxyl groups excluding tert-OH is 1. The Morgan fingerprint density at radius 1 is 1.12 bits per heavy atom. The largest absolute Gasteiger partial charge is 0.510 e. The van der Waals surface area contributed by atoms with Gasteiger partial charge in [-0.15, -0.1) is 0 Å². The van der Waals surface area contributed by atoms with E-state index in [9.17, 15) is 5.11 Å². The number of unbranched alkanes of at least 4 members (excludes halogenated alkanes) is 2. The molecule has 1 aromatic carbocycles. The fourth-order valence-electron chi connectivity index (χ4n) is 4.07. The van der Waals surface area contributed by atoms with Crippen LogP contribution in [0.3, 0.4) is 0 Å². The molecule has 0 saturated heterocycles. The van der Waals surface area contributed by atoms with Gasteiger partial charge in [0.15, 0.2) is 0 Å². The van der Waals surface area contributed by atoms with Crippen LogP contribution in [-0.4, -0.2) is 41.3 Å². The van der Waals surface area contributed by atoms with E-state index in [0.29, 0.717) is 12.4 Å². The van der Waals surface area contributed by atoms with Crippen molar-refractivity contribution in [1.82, 2.24) is 9.88 Å². The molecule has 2 aliphatic rings. The first-order valence-corrected chi connectivity index (χ1v) is 10.1. The summed E-state index contributed by atoms with van der Waals surface area (Å²) in [5.74, 6) is 0.485. The van der Waals surface area contributed by atoms with E-state index in [2.05, 4.69) is 34.1 Å². The monoisotopic (exact) mass is 354 g/mol. The summed E-state index contributed by atoms with van der Waals surface area (Å²) < 4.78 is 5.60. The molecule has 0 amide bonds. The van der Waals surface area contributed by atoms with Gasteiger partial charge in [-0.3, -0.25) is 4.90 Å². The fraction of sp³-hybridized carbons (Fsp3) is 0.545. The van der Waals surface area contributed by atoms with E-state index in [1.54, 1.807) is 0 Å². The average Bonchev–Trinajstić information content (AvgIpc) is 2.97. The van der Waals surface area contributed by atoms with Crippen LogP contribution in [0, 0.1) is 0 Å². The Bertz CT molecular complexity index is 772. The Morgan fingerprint density at radius 3 is 2.85 bits per heavy atom. The third-order valence-electron chi connectivity index (χ3n) is 5.83. The molecule has 0 atom stereocenters. The maximum absolute atomic E-state index is 9.82. The predicted octanol–water partition coefficient (Wildman–Crippen LogP) is 4.71. The number of benzene rings is 1. The van der Waals surface area contributed by atoms with Crippen molar-refractivity contribution >= 4 is 10.9 Å². The zero-order valence-corrected chi connectivity index (χ0v) is 15.6. The number of nitrogens with zero attached hydrogens (tertiary/aromatic N) is 1. The van der Waals surface area contributed by atoms with Crippen molar-refractivity contribution in [2.45, 2.75) is 51.5 Å². The highest BCUT2D eigenvalue weighted by Gasteiger charge is 2.19. The lowest BCUT2D eigenvalue weighted by molar-refractivity contribution is 0.120. The van der Waals surface area contributed by atoms with E-state index in [0.717, 1.165) is 51.9 Å². The molecule has 4 rings (SSSR count). The van der Waals surface area contributed by atoms with Crippen molar-refractivity contribution < 1.29 is 9.84 Å². The van der Waals surface area contributed by atoms with Crippen LogP contribution in [0.4, 0.5) is 0 Å². The summed E-state index contributed by atoms with van der Waals surface area (Å²) in [7, 11) is 0. The quantitative estimate of drug-likeness (QED) is 0.533. The second kappa shape index (κ2) is 8.28. The highest BCUT2D eigenvalue weighted by Crippen LogP contribution is 2.28. The summed E-state index contributed by atoms with van der Waals surface area (Å²) >= 11 is 0. The molecule has 4 heteroatoms. The fourth-order valence-corrected chi connectivity index (χ4v) is 4.07. The van der Waals surface area contributed by atoms with E-state index in [4.69, 9.17) is 4.74 Å². The Labute approximate surface area is 155 Å². The van der Waals surface area contributed by atoms with Crippen molar-refractivity contribution in [1.29, 1.82) is 0 Å². The van der Waals surface area contributed by atoms with E-state index in [1.807, 2.05) is 0 Å². The van der Waals surface area contributed by atoms with Crippen molar-refractivity contribution in [2.75, 3.05) is 26.3 Å². The summed E-state index contributed by atoms with van der Waals surface area (Å²) in [5, 5.41) is 11.2. The summed E-state index contributed by atoms with van der Waals surface area (Å²) in [5.41, 5.74) is 5.40. The molecule has 0 bridgehead atoms. The first kappa shape index (κ1) is 17.6. The first-order valence-electron chi connectivity index (χ1n) is 10.1. The van der Waals surface area contributed by atoms with E-state index < -0.39 is 0 Å². The second-order valence-corrected chi connectivity index (χ2v) is 7.67. The Kier molecular flexibility index (Phi) is 5.61. The molecule has 2 heterocycles. The maximum Gasteiger partial charge on any atom is 0.117 e. The van der Waals surface area contributed by atoms with Crippen LogP contribution in [-0.2, 0) is 17.7 Å². The molecule has 2 aromatic rings. The molecule has 0 unspecified atom stereocenters. The highest BCUT2D eigenvalue weighted by atomic mass is 16.5. The number of allylic oxidation sites excluding steroid dienone is 1. The maximum atomic E-state index is 9.82. The van der Waals surface area contributed by atoms with Gasteiger partial charge in [-0.2, -0.15) is 0 Å². The Balaban J connectivity index is 1.14. The lowest BCUT2D eigenvalue weighted by Crippen LogP contribution is -2.31. The van der Waals surface area contributed by atoms with Crippen LogP contribution in [0.1, 0.15) is 49.8 Å². The van der Waals surface area contributed by atoms with Gasteiger partial charge in [0.05, 0.1) is 0 Å². The van der Waals surface area contributed by atoms with Gasteiger partial charge < -0.3 is 14.8 Å². The van der Waals surface area contributed by atoms with Gasteiger partial charge in [-0.1, -0.05) is 18.2 Å². The summed E-state index contributed by atoms with van der Waals surface area (Å²) in [6, 6.07) is 8.65. The molecule has 26 heavy (non-hydrogen) atoms. The zero-order chi connectivity index (χ0) is 17.8. The molecule has 4 nitrogen and oxygen atoms in total. The molecule has 140 valence electrons. The molecular weight excluding hydrogens is 324 g/mol. The minimum atomic E-state index is 0.407. The minimum absolute atomic E-state index is 0.407. The van der Waals surface area contributed by atoms with Crippen molar-refractivity contribution in [3.63, 3.8) is 0 Å². The van der Waals surface area contributed by atoms with Gasteiger partial charge >= 0.3 is 0 Å². The van der Waals surface area contributed by atoms with Crippen LogP contribution < -0.4 is 0 Å². The van der Waals surface area contributed by atoms with Crippen molar-refractivity contribution in [2.24, 2.45) is 0 Å². The number of para-hydroxylation sites is 1. The van der Waals surface area contributed by atoms with Crippen LogP contribution >= 0.6 is 0 Å². The standard InChI is InChI=1S/C22H30N2O2/c25-22(17-7-6-8-17)16-26-14-5-1-4-12-24-13-11-19-18-9-2-3-10-20(18)23-21(19)15-24/h2-3,9-10,23,25H,1,4-8,11-16H2. The van der Waals surface area contributed by atoms with Gasteiger partial charge in [-0.05, 0) is 68.7 Å². The van der Waals surface area contributed by atoms with E-state index in [-0.39, 0.29) is 0 Å². The number of rotatable bonds is 8. The van der Waals surface area contributed by atoms with E-state index >= 15 is 0 Å². The van der Waals surface area contributed by atoms with Crippen LogP contribution in [0.5, 0.6) is 0 Å². The molecule has 1 aromatic heterocycles. The van der Waals surface area contributed by atoms with Crippen LogP contribution in [0.15, 0.2) is 35.6 Å². The summed E-state index contributed by atoms with van der Waals surface area (Å²) in [6.07, 6.45) is 7.96. The number of H-pyrrole nitrogens is 1. The number of hydrogen-bond acceptors (Lipinski definition) is 3. The predicted molar refractivity (Wildman–Crippen MR) is 105 cm³/mol. The minimum Gasteiger partial charge on any atom is -0.510 e. The lowest BCUT2D eigenvalue weighted by Gasteiger charge is -2.26. The normalized spacial score (nSPS) is 17.3. The third-order valence-corrected chi connectivity index (χ3v) is 5.83. The third kappa shape index (κ3) is 3.97. The van der Waals surface area contributed by atoms with Crippen molar-refractivity contribution in [3.05, 3.63) is 46.9 Å². The zero-order valence-electron chi connectivity index (χ0n) is 15.6. The summed E-state index contributed by atoms with van der Waals surface area (Å²) in [4.78, 5) is 6.16. The molecule has 1 aliphatic heterocycles. The molecule has 1 fully saturated rings. The number of nitrogens with one attached hydrogen (secondary N) is 1. The number of aromatic nitrogens is 1. The molecule has 2 N–H and O–H groups in total. The number of aromatic amines is 1. The summed E-state index contributed by atoms with van der Waals surface area (Å²) in [6.45, 7) is 4.52. The number of aliphatic hydroxyl groups is 1. The Morgan fingerprint density at radius 2 is 2.00 bits per heavy atom. The van der Waals surface area contributed by atoms with Crippen LogP contribution in [0.2, 0.25) is 0 Å². The van der Waals surface area contributed by atoms with Gasteiger partial charge in [0.25, 0.3) is 0 Å².